The lowest BCUT2D eigenvalue weighted by molar-refractivity contribution is -0.174. The molecule has 2 fully saturated rings. The summed E-state index contributed by atoms with van der Waals surface area (Å²) >= 11 is 3.77. The molecule has 278 valence electrons. The van der Waals surface area contributed by atoms with Crippen LogP contribution in [0, 0.1) is 0 Å². The Kier molecular flexibility index (Phi) is 11.2. The number of nitrogens with zero attached hydrogens (tertiary/aromatic N) is 5. The van der Waals surface area contributed by atoms with Crippen LogP contribution in [-0.4, -0.2) is 106 Å². The first-order valence-electron chi connectivity index (χ1n) is 16.4. The van der Waals surface area contributed by atoms with Gasteiger partial charge in [-0.25, -0.2) is 9.59 Å². The fourth-order valence-corrected chi connectivity index (χ4v) is 8.88. The minimum atomic E-state index is -2.11. The molecule has 2 aromatic carbocycles. The van der Waals surface area contributed by atoms with E-state index in [0.29, 0.717) is 16.9 Å². The number of aromatic nitrogens is 2. The predicted molar refractivity (Wildman–Crippen MR) is 194 cm³/mol. The van der Waals surface area contributed by atoms with Crippen molar-refractivity contribution >= 4 is 70.7 Å². The van der Waals surface area contributed by atoms with Crippen LogP contribution < -0.4 is 16.1 Å². The SMILES string of the molecule is CC(C)(C)OC(=O)C1=C(CSc2cnns2)CS[C@@H]2N1C(=O)[C@@]2(NO)NC(=O)C(NC(=O)N1CCN(Cc2ccccc2)C(=O)C1=O)c1ccccc1. The molecule has 2 saturated heterocycles. The van der Waals surface area contributed by atoms with E-state index in [4.69, 9.17) is 4.74 Å². The van der Waals surface area contributed by atoms with Gasteiger partial charge in [0.25, 0.3) is 5.91 Å². The normalized spacial score (nSPS) is 20.8. The standard InChI is InChI=1S/C34H36N8O8S3/c1-33(2,3)50-29(46)25-22(18-51-23-16-35-39-53-23)19-52-31-34(38-49,30(47)42(25)31)37-26(43)24(21-12-8-5-9-13-21)36-32(48)41-15-14-40(27(44)28(41)45)17-20-10-6-4-7-11-20/h4-13,16,24,31,38,49H,14-15,17-19H2,1-3H3,(H,36,48)(H,37,43)/t24?,31-,34-/m0/s1. The minimum Gasteiger partial charge on any atom is -0.455 e. The van der Waals surface area contributed by atoms with Crippen molar-refractivity contribution in [2.75, 3.05) is 24.6 Å². The molecule has 4 heterocycles. The summed E-state index contributed by atoms with van der Waals surface area (Å²) in [4.78, 5) is 84.7. The number of carbonyl (C=O) groups excluding carboxylic acids is 6. The highest BCUT2D eigenvalue weighted by Crippen LogP contribution is 2.46. The van der Waals surface area contributed by atoms with Crippen LogP contribution in [0.5, 0.6) is 0 Å². The number of ether oxygens (including phenoxy) is 1. The minimum absolute atomic E-state index is 0.00118. The maximum Gasteiger partial charge on any atom is 0.355 e. The monoisotopic (exact) mass is 780 g/mol. The molecule has 16 nitrogen and oxygen atoms in total. The average molecular weight is 781 g/mol. The van der Waals surface area contributed by atoms with Crippen LogP contribution in [0.4, 0.5) is 4.79 Å². The van der Waals surface area contributed by atoms with Crippen molar-refractivity contribution in [1.29, 1.82) is 0 Å². The zero-order valence-corrected chi connectivity index (χ0v) is 31.3. The maximum absolute atomic E-state index is 14.1. The molecule has 6 amide bonds. The summed E-state index contributed by atoms with van der Waals surface area (Å²) in [7, 11) is 0. The quantitative estimate of drug-likeness (QED) is 0.0552. The van der Waals surface area contributed by atoms with E-state index in [1.807, 2.05) is 35.8 Å². The molecule has 19 heteroatoms. The lowest BCUT2D eigenvalue weighted by Crippen LogP contribution is -2.85. The number of benzene rings is 2. The number of carbonyl (C=O) groups is 6. The molecule has 53 heavy (non-hydrogen) atoms. The lowest BCUT2D eigenvalue weighted by atomic mass is 9.94. The third kappa shape index (κ3) is 7.93. The first-order chi connectivity index (χ1) is 25.3. The zero-order chi connectivity index (χ0) is 37.9. The van der Waals surface area contributed by atoms with Gasteiger partial charge >= 0.3 is 23.8 Å². The number of esters is 1. The van der Waals surface area contributed by atoms with Crippen molar-refractivity contribution in [2.45, 2.75) is 54.2 Å². The van der Waals surface area contributed by atoms with Crippen LogP contribution in [0.3, 0.4) is 0 Å². The van der Waals surface area contributed by atoms with E-state index in [-0.39, 0.29) is 31.1 Å². The van der Waals surface area contributed by atoms with Gasteiger partial charge in [-0.15, -0.1) is 28.6 Å². The summed E-state index contributed by atoms with van der Waals surface area (Å²) in [5.41, 5.74) is 0.676. The lowest BCUT2D eigenvalue weighted by Gasteiger charge is -2.56. The number of piperazine rings is 1. The third-order valence-corrected chi connectivity index (χ3v) is 11.7. The molecule has 3 aromatic rings. The van der Waals surface area contributed by atoms with E-state index in [1.54, 1.807) is 57.3 Å². The van der Waals surface area contributed by atoms with Gasteiger partial charge in [0.1, 0.15) is 26.9 Å². The molecule has 3 atom stereocenters. The summed E-state index contributed by atoms with van der Waals surface area (Å²) in [6.45, 7) is 5.22. The number of thioether (sulfide) groups is 2. The molecule has 3 aliphatic rings. The molecule has 6 rings (SSSR count). The Labute approximate surface area is 316 Å². The van der Waals surface area contributed by atoms with Crippen molar-refractivity contribution in [2.24, 2.45) is 0 Å². The first kappa shape index (κ1) is 37.9. The number of urea groups is 1. The fourth-order valence-electron chi connectivity index (χ4n) is 5.91. The summed E-state index contributed by atoms with van der Waals surface area (Å²) < 4.78 is 10.3. The van der Waals surface area contributed by atoms with E-state index >= 15 is 0 Å². The molecule has 0 aliphatic carbocycles. The molecule has 0 saturated carbocycles. The number of imide groups is 1. The van der Waals surface area contributed by atoms with Crippen LogP contribution in [0.1, 0.15) is 37.9 Å². The Morgan fingerprint density at radius 2 is 1.74 bits per heavy atom. The topological polar surface area (TPSA) is 203 Å². The molecule has 1 aromatic heterocycles. The van der Waals surface area contributed by atoms with Crippen molar-refractivity contribution < 1.29 is 38.7 Å². The fraction of sp³-hybridized carbons (Fsp3) is 0.353. The molecular weight excluding hydrogens is 745 g/mol. The van der Waals surface area contributed by atoms with Crippen LogP contribution in [0.25, 0.3) is 0 Å². The van der Waals surface area contributed by atoms with Gasteiger partial charge in [0.15, 0.2) is 0 Å². The Morgan fingerprint density at radius 1 is 1.04 bits per heavy atom. The van der Waals surface area contributed by atoms with E-state index in [0.717, 1.165) is 14.7 Å². The van der Waals surface area contributed by atoms with Gasteiger partial charge in [0, 0.05) is 31.1 Å². The van der Waals surface area contributed by atoms with Crippen LogP contribution >= 0.6 is 35.1 Å². The number of hydrogen-bond donors (Lipinski definition) is 4. The Bertz CT molecular complexity index is 1930. The summed E-state index contributed by atoms with van der Waals surface area (Å²) in [5, 5.41) is 18.4. The smallest absolute Gasteiger partial charge is 0.355 e. The van der Waals surface area contributed by atoms with Gasteiger partial charge in [-0.3, -0.25) is 29.0 Å². The number of amides is 6. The molecular formula is C34H36N8O8S3. The van der Waals surface area contributed by atoms with Crippen molar-refractivity contribution in [3.05, 3.63) is 89.3 Å². The van der Waals surface area contributed by atoms with Gasteiger partial charge in [0.05, 0.1) is 6.20 Å². The van der Waals surface area contributed by atoms with Crippen molar-refractivity contribution in [3.8, 4) is 0 Å². The second kappa shape index (κ2) is 15.7. The van der Waals surface area contributed by atoms with Crippen molar-refractivity contribution in [1.82, 2.24) is 40.4 Å². The zero-order valence-electron chi connectivity index (χ0n) is 28.8. The second-order valence-electron chi connectivity index (χ2n) is 13.2. The Hall–Kier alpha value is -4.82. The predicted octanol–water partition coefficient (Wildman–Crippen LogP) is 2.25. The van der Waals surface area contributed by atoms with Crippen molar-refractivity contribution in [3.63, 3.8) is 0 Å². The number of hydroxylamine groups is 1. The highest BCUT2D eigenvalue weighted by molar-refractivity contribution is 8.01. The number of β-lactam (4-membered cyclic amide) rings is 1. The van der Waals surface area contributed by atoms with Gasteiger partial charge in [0.2, 0.25) is 11.6 Å². The maximum atomic E-state index is 14.1. The van der Waals surface area contributed by atoms with E-state index < -0.39 is 58.3 Å². The van der Waals surface area contributed by atoms with E-state index in [1.165, 1.54) is 44.9 Å². The van der Waals surface area contributed by atoms with Crippen LogP contribution in [0.15, 0.2) is 82.3 Å². The average Bonchev–Trinajstić information content (AvgIpc) is 3.67. The Morgan fingerprint density at radius 3 is 2.38 bits per heavy atom. The highest BCUT2D eigenvalue weighted by atomic mass is 32.2. The second-order valence-corrected chi connectivity index (χ2v) is 16.3. The van der Waals surface area contributed by atoms with Gasteiger partial charge in [-0.05, 0) is 49.0 Å². The molecule has 4 N–H and O–H groups in total. The summed E-state index contributed by atoms with van der Waals surface area (Å²) in [6.07, 6.45) is 1.59. The first-order valence-corrected chi connectivity index (χ1v) is 19.2. The summed E-state index contributed by atoms with van der Waals surface area (Å²) in [6, 6.07) is 14.7. The van der Waals surface area contributed by atoms with Gasteiger partial charge < -0.3 is 25.5 Å². The van der Waals surface area contributed by atoms with Crippen LogP contribution in [0.2, 0.25) is 0 Å². The molecule has 1 unspecified atom stereocenters. The molecule has 0 bridgehead atoms. The molecule has 3 aliphatic heterocycles. The highest BCUT2D eigenvalue weighted by Gasteiger charge is 2.66. The summed E-state index contributed by atoms with van der Waals surface area (Å²) in [5.74, 6) is -3.88. The number of nitrogens with one attached hydrogen (secondary N) is 3. The number of rotatable bonds is 11. The van der Waals surface area contributed by atoms with Gasteiger partial charge in [-0.1, -0.05) is 65.2 Å². The largest absolute Gasteiger partial charge is 0.455 e. The third-order valence-electron chi connectivity index (χ3n) is 8.40. The number of fused-ring (bicyclic) bond motifs is 1. The van der Waals surface area contributed by atoms with Crippen LogP contribution in [-0.2, 0) is 35.3 Å². The van der Waals surface area contributed by atoms with E-state index in [2.05, 4.69) is 20.2 Å². The van der Waals surface area contributed by atoms with Gasteiger partial charge in [-0.2, -0.15) is 5.48 Å². The van der Waals surface area contributed by atoms with E-state index in [9.17, 15) is 34.0 Å². The molecule has 0 spiro atoms. The molecule has 0 radical (unpaired) electrons. The number of hydrogen-bond acceptors (Lipinski definition) is 14. The Balaban J connectivity index is 1.21.